The van der Waals surface area contributed by atoms with Gasteiger partial charge in [-0.25, -0.2) is 0 Å². The SMILES string of the molecule is Cl.NC1(C(=O)N2CCC(C(=O)N3CCc4ccccc43)CC2)CCOCC1. The molecule has 0 unspecified atom stereocenters. The van der Waals surface area contributed by atoms with Gasteiger partial charge in [0.05, 0.1) is 5.54 Å². The maximum Gasteiger partial charge on any atom is 0.242 e. The highest BCUT2D eigenvalue weighted by Crippen LogP contribution is 2.31. The second-order valence-electron chi connectivity index (χ2n) is 7.70. The van der Waals surface area contributed by atoms with E-state index in [0.717, 1.165) is 31.5 Å². The third-order valence-corrected chi connectivity index (χ3v) is 6.10. The third kappa shape index (κ3) is 3.84. The molecule has 4 rings (SSSR count). The van der Waals surface area contributed by atoms with E-state index in [1.807, 2.05) is 28.0 Å². The van der Waals surface area contributed by atoms with E-state index < -0.39 is 5.54 Å². The van der Waals surface area contributed by atoms with Gasteiger partial charge in [0.25, 0.3) is 0 Å². The van der Waals surface area contributed by atoms with E-state index >= 15 is 0 Å². The molecule has 7 heteroatoms. The molecule has 148 valence electrons. The fourth-order valence-corrected chi connectivity index (χ4v) is 4.38. The highest BCUT2D eigenvalue weighted by molar-refractivity contribution is 5.97. The van der Waals surface area contributed by atoms with Crippen molar-refractivity contribution in [3.05, 3.63) is 29.8 Å². The maximum absolute atomic E-state index is 13.0. The number of amides is 2. The lowest BCUT2D eigenvalue weighted by Crippen LogP contribution is -2.59. The van der Waals surface area contributed by atoms with Gasteiger partial charge < -0.3 is 20.3 Å². The molecular formula is C20H28ClN3O3. The van der Waals surface area contributed by atoms with Crippen LogP contribution in [0.15, 0.2) is 24.3 Å². The van der Waals surface area contributed by atoms with Crippen LogP contribution in [0.4, 0.5) is 5.69 Å². The first-order chi connectivity index (χ1) is 12.6. The standard InChI is InChI=1S/C20H27N3O3.ClH/c21-20(8-13-26-14-9-20)19(25)22-10-5-16(6-11-22)18(24)23-12-7-15-3-1-2-4-17(15)23;/h1-4,16H,5-14,21H2;1H. The fourth-order valence-electron chi connectivity index (χ4n) is 4.38. The van der Waals surface area contributed by atoms with E-state index in [-0.39, 0.29) is 30.1 Å². The normalized spacial score (nSPS) is 22.1. The molecule has 3 aliphatic heterocycles. The van der Waals surface area contributed by atoms with Crippen molar-refractivity contribution in [3.63, 3.8) is 0 Å². The van der Waals surface area contributed by atoms with Crippen LogP contribution >= 0.6 is 12.4 Å². The van der Waals surface area contributed by atoms with Gasteiger partial charge in [-0.1, -0.05) is 18.2 Å². The quantitative estimate of drug-likeness (QED) is 0.830. The smallest absolute Gasteiger partial charge is 0.242 e. The summed E-state index contributed by atoms with van der Waals surface area (Å²) in [6, 6.07) is 8.14. The number of likely N-dealkylation sites (tertiary alicyclic amines) is 1. The molecule has 1 aromatic rings. The molecule has 0 spiro atoms. The van der Waals surface area contributed by atoms with E-state index in [2.05, 4.69) is 6.07 Å². The predicted octanol–water partition coefficient (Wildman–Crippen LogP) is 1.74. The van der Waals surface area contributed by atoms with Crippen molar-refractivity contribution in [3.8, 4) is 0 Å². The summed E-state index contributed by atoms with van der Waals surface area (Å²) in [5.41, 5.74) is 7.85. The number of nitrogens with zero attached hydrogens (tertiary/aromatic N) is 2. The number of nitrogens with two attached hydrogens (primary N) is 1. The topological polar surface area (TPSA) is 75.9 Å². The van der Waals surface area contributed by atoms with Crippen molar-refractivity contribution in [2.24, 2.45) is 11.7 Å². The number of piperidine rings is 1. The number of halogens is 1. The van der Waals surface area contributed by atoms with Crippen LogP contribution in [0.2, 0.25) is 0 Å². The number of benzene rings is 1. The highest BCUT2D eigenvalue weighted by atomic mass is 35.5. The Hall–Kier alpha value is -1.63. The van der Waals surface area contributed by atoms with E-state index in [0.29, 0.717) is 39.1 Å². The first kappa shape index (κ1) is 20.1. The molecule has 1 aromatic carbocycles. The van der Waals surface area contributed by atoms with Crippen molar-refractivity contribution in [2.45, 2.75) is 37.6 Å². The summed E-state index contributed by atoms with van der Waals surface area (Å²) in [5.74, 6) is 0.224. The van der Waals surface area contributed by atoms with Crippen LogP contribution in [0.1, 0.15) is 31.2 Å². The second-order valence-corrected chi connectivity index (χ2v) is 7.70. The van der Waals surface area contributed by atoms with E-state index in [1.54, 1.807) is 0 Å². The number of fused-ring (bicyclic) bond motifs is 1. The predicted molar refractivity (Wildman–Crippen MR) is 106 cm³/mol. The van der Waals surface area contributed by atoms with E-state index in [4.69, 9.17) is 10.5 Å². The molecule has 27 heavy (non-hydrogen) atoms. The van der Waals surface area contributed by atoms with Crippen LogP contribution in [0, 0.1) is 5.92 Å². The minimum Gasteiger partial charge on any atom is -0.381 e. The van der Waals surface area contributed by atoms with Crippen LogP contribution in [0.25, 0.3) is 0 Å². The molecule has 0 atom stereocenters. The lowest BCUT2D eigenvalue weighted by molar-refractivity contribution is -0.143. The van der Waals surface area contributed by atoms with E-state index in [1.165, 1.54) is 5.56 Å². The molecule has 0 aromatic heterocycles. The average Bonchev–Trinajstić information content (AvgIpc) is 3.12. The molecule has 0 aliphatic carbocycles. The van der Waals surface area contributed by atoms with Crippen LogP contribution in [0.3, 0.4) is 0 Å². The van der Waals surface area contributed by atoms with Crippen LogP contribution in [-0.4, -0.2) is 55.1 Å². The van der Waals surface area contributed by atoms with Crippen LogP contribution < -0.4 is 10.6 Å². The fraction of sp³-hybridized carbons (Fsp3) is 0.600. The molecule has 2 fully saturated rings. The average molecular weight is 394 g/mol. The Balaban J connectivity index is 0.00000210. The summed E-state index contributed by atoms with van der Waals surface area (Å²) in [6.45, 7) is 3.09. The summed E-state index contributed by atoms with van der Waals surface area (Å²) in [7, 11) is 0. The zero-order valence-corrected chi connectivity index (χ0v) is 16.4. The Morgan fingerprint density at radius 1 is 1.07 bits per heavy atom. The first-order valence-electron chi connectivity index (χ1n) is 9.64. The molecular weight excluding hydrogens is 366 g/mol. The number of ether oxygens (including phenoxy) is 1. The zero-order chi connectivity index (χ0) is 18.1. The molecule has 2 saturated heterocycles. The number of carbonyl (C=O) groups is 2. The Bertz CT molecular complexity index is 697. The van der Waals surface area contributed by atoms with Gasteiger partial charge in [0.2, 0.25) is 11.8 Å². The number of carbonyl (C=O) groups excluding carboxylic acids is 2. The van der Waals surface area contributed by atoms with E-state index in [9.17, 15) is 9.59 Å². The second kappa shape index (κ2) is 8.17. The van der Waals surface area contributed by atoms with Crippen LogP contribution in [-0.2, 0) is 20.7 Å². The molecule has 6 nitrogen and oxygen atoms in total. The number of para-hydroxylation sites is 1. The third-order valence-electron chi connectivity index (χ3n) is 6.10. The van der Waals surface area contributed by atoms with Gasteiger partial charge in [-0.2, -0.15) is 0 Å². The molecule has 3 aliphatic rings. The minimum atomic E-state index is -0.789. The summed E-state index contributed by atoms with van der Waals surface area (Å²) >= 11 is 0. The molecule has 2 N–H and O–H groups in total. The monoisotopic (exact) mass is 393 g/mol. The van der Waals surface area contributed by atoms with Crippen molar-refractivity contribution < 1.29 is 14.3 Å². The van der Waals surface area contributed by atoms with Crippen molar-refractivity contribution in [1.29, 1.82) is 0 Å². The summed E-state index contributed by atoms with van der Waals surface area (Å²) in [4.78, 5) is 29.6. The van der Waals surface area contributed by atoms with Gasteiger partial charge in [0.15, 0.2) is 0 Å². The summed E-state index contributed by atoms with van der Waals surface area (Å²) in [6.07, 6.45) is 3.52. The zero-order valence-electron chi connectivity index (χ0n) is 15.6. The summed E-state index contributed by atoms with van der Waals surface area (Å²) in [5, 5.41) is 0. The van der Waals surface area contributed by atoms with Gasteiger partial charge in [-0.05, 0) is 43.7 Å². The molecule has 3 heterocycles. The Morgan fingerprint density at radius 2 is 1.74 bits per heavy atom. The number of anilines is 1. The molecule has 2 amide bonds. The maximum atomic E-state index is 13.0. The van der Waals surface area contributed by atoms with Crippen molar-refractivity contribution in [1.82, 2.24) is 4.90 Å². The lowest BCUT2D eigenvalue weighted by atomic mass is 9.87. The largest absolute Gasteiger partial charge is 0.381 e. The first-order valence-corrected chi connectivity index (χ1v) is 9.64. The van der Waals surface area contributed by atoms with Gasteiger partial charge >= 0.3 is 0 Å². The molecule has 0 radical (unpaired) electrons. The van der Waals surface area contributed by atoms with Crippen molar-refractivity contribution in [2.75, 3.05) is 37.7 Å². The minimum absolute atomic E-state index is 0. The number of hydrogen-bond acceptors (Lipinski definition) is 4. The highest BCUT2D eigenvalue weighted by Gasteiger charge is 2.41. The molecule has 0 saturated carbocycles. The molecule has 0 bridgehead atoms. The van der Waals surface area contributed by atoms with Gasteiger partial charge in [-0.15, -0.1) is 12.4 Å². The Morgan fingerprint density at radius 3 is 2.44 bits per heavy atom. The Labute approximate surface area is 166 Å². The Kier molecular flexibility index (Phi) is 6.08. The van der Waals surface area contributed by atoms with Gasteiger partial charge in [-0.3, -0.25) is 9.59 Å². The number of rotatable bonds is 2. The van der Waals surface area contributed by atoms with Crippen molar-refractivity contribution >= 4 is 29.9 Å². The van der Waals surface area contributed by atoms with Crippen LogP contribution in [0.5, 0.6) is 0 Å². The summed E-state index contributed by atoms with van der Waals surface area (Å²) < 4.78 is 5.34. The van der Waals surface area contributed by atoms with Gasteiger partial charge in [0, 0.05) is 44.5 Å². The number of hydrogen-bond donors (Lipinski definition) is 1. The lowest BCUT2D eigenvalue weighted by Gasteiger charge is -2.40. The van der Waals surface area contributed by atoms with Gasteiger partial charge in [0.1, 0.15) is 0 Å².